The monoisotopic (exact) mass is 284 g/mol. The van der Waals surface area contributed by atoms with Crippen LogP contribution in [-0.2, 0) is 4.79 Å². The number of nitrogens with one attached hydrogen (secondary N) is 1. The highest BCUT2D eigenvalue weighted by molar-refractivity contribution is 7.99. The molecular formula is C12H20N4O2S. The predicted molar refractivity (Wildman–Crippen MR) is 72.9 cm³/mol. The van der Waals surface area contributed by atoms with Crippen molar-refractivity contribution in [3.8, 4) is 0 Å². The Hall–Kier alpha value is -1.08. The molecule has 1 atom stereocenters. The summed E-state index contributed by atoms with van der Waals surface area (Å²) in [6.45, 7) is 2.12. The first-order chi connectivity index (χ1) is 9.20. The van der Waals surface area contributed by atoms with Crippen molar-refractivity contribution >= 4 is 17.7 Å². The van der Waals surface area contributed by atoms with Crippen molar-refractivity contribution in [1.82, 2.24) is 20.1 Å². The van der Waals surface area contributed by atoms with Crippen LogP contribution in [0.4, 0.5) is 0 Å². The third-order valence-electron chi connectivity index (χ3n) is 3.02. The molecule has 2 rings (SSSR count). The van der Waals surface area contributed by atoms with Crippen LogP contribution in [0.15, 0.2) is 11.5 Å². The topological polar surface area (TPSA) is 80.0 Å². The molecule has 19 heavy (non-hydrogen) atoms. The smallest absolute Gasteiger partial charge is 0.230 e. The van der Waals surface area contributed by atoms with E-state index in [0.29, 0.717) is 18.2 Å². The third-order valence-corrected chi connectivity index (χ3v) is 3.97. The molecule has 1 unspecified atom stereocenters. The first-order valence-electron chi connectivity index (χ1n) is 6.63. The summed E-state index contributed by atoms with van der Waals surface area (Å²) in [5, 5.41) is 20.4. The fraction of sp³-hybridized carbons (Fsp3) is 0.750. The highest BCUT2D eigenvalue weighted by atomic mass is 32.2. The Labute approximate surface area is 117 Å². The molecular weight excluding hydrogens is 264 g/mol. The van der Waals surface area contributed by atoms with Crippen LogP contribution in [0.5, 0.6) is 0 Å². The minimum absolute atomic E-state index is 0.000728. The Morgan fingerprint density at radius 1 is 1.68 bits per heavy atom. The molecule has 1 aliphatic carbocycles. The van der Waals surface area contributed by atoms with E-state index in [1.807, 2.05) is 11.5 Å². The average molecular weight is 284 g/mol. The standard InChI is InChI=1S/C12H20N4O2S/c1-9(3-2-6-17)14-11(18)7-19-12-15-13-8-16(12)10-4-5-10/h8-10,17H,2-7H2,1H3,(H,14,18). The number of nitrogens with zero attached hydrogens (tertiary/aromatic N) is 3. The summed E-state index contributed by atoms with van der Waals surface area (Å²) in [7, 11) is 0. The molecule has 1 aliphatic rings. The van der Waals surface area contributed by atoms with E-state index in [0.717, 1.165) is 11.6 Å². The van der Waals surface area contributed by atoms with Gasteiger partial charge in [-0.2, -0.15) is 0 Å². The molecule has 1 amide bonds. The third kappa shape index (κ3) is 4.50. The van der Waals surface area contributed by atoms with E-state index >= 15 is 0 Å². The van der Waals surface area contributed by atoms with Gasteiger partial charge in [-0.05, 0) is 32.6 Å². The van der Waals surface area contributed by atoms with Crippen LogP contribution in [0.1, 0.15) is 38.6 Å². The molecule has 106 valence electrons. The second-order valence-electron chi connectivity index (χ2n) is 4.88. The molecule has 0 spiro atoms. The van der Waals surface area contributed by atoms with Gasteiger partial charge in [0, 0.05) is 18.7 Å². The van der Waals surface area contributed by atoms with Crippen molar-refractivity contribution in [2.75, 3.05) is 12.4 Å². The van der Waals surface area contributed by atoms with Crippen molar-refractivity contribution in [2.45, 2.75) is 49.8 Å². The maximum atomic E-state index is 11.8. The Kier molecular flexibility index (Phi) is 5.21. The molecule has 0 aliphatic heterocycles. The first kappa shape index (κ1) is 14.3. The maximum absolute atomic E-state index is 11.8. The lowest BCUT2D eigenvalue weighted by atomic mass is 10.2. The van der Waals surface area contributed by atoms with Gasteiger partial charge in [0.2, 0.25) is 5.91 Å². The van der Waals surface area contributed by atoms with Gasteiger partial charge in [-0.3, -0.25) is 4.79 Å². The summed E-state index contributed by atoms with van der Waals surface area (Å²) >= 11 is 1.42. The molecule has 0 bridgehead atoms. The van der Waals surface area contributed by atoms with Gasteiger partial charge in [0.15, 0.2) is 5.16 Å². The normalized spacial score (nSPS) is 16.3. The van der Waals surface area contributed by atoms with Crippen molar-refractivity contribution in [3.63, 3.8) is 0 Å². The zero-order valence-corrected chi connectivity index (χ0v) is 11.9. The summed E-state index contributed by atoms with van der Waals surface area (Å²) < 4.78 is 2.05. The number of carbonyl (C=O) groups excluding carboxylic acids is 1. The van der Waals surface area contributed by atoms with Crippen LogP contribution in [-0.4, -0.2) is 44.2 Å². The Bertz CT molecular complexity index is 420. The predicted octanol–water partition coefficient (Wildman–Crippen LogP) is 0.982. The number of aromatic nitrogens is 3. The number of hydrogen-bond acceptors (Lipinski definition) is 5. The zero-order valence-electron chi connectivity index (χ0n) is 11.1. The molecule has 6 nitrogen and oxygen atoms in total. The first-order valence-corrected chi connectivity index (χ1v) is 7.61. The van der Waals surface area contributed by atoms with Gasteiger partial charge >= 0.3 is 0 Å². The molecule has 0 radical (unpaired) electrons. The van der Waals surface area contributed by atoms with Crippen molar-refractivity contribution in [3.05, 3.63) is 6.33 Å². The van der Waals surface area contributed by atoms with E-state index < -0.39 is 0 Å². The van der Waals surface area contributed by atoms with E-state index in [9.17, 15) is 4.79 Å². The number of aliphatic hydroxyl groups is 1. The number of amides is 1. The van der Waals surface area contributed by atoms with Crippen molar-refractivity contribution in [2.24, 2.45) is 0 Å². The number of aliphatic hydroxyl groups excluding tert-OH is 1. The van der Waals surface area contributed by atoms with Gasteiger partial charge in [0.1, 0.15) is 6.33 Å². The van der Waals surface area contributed by atoms with E-state index in [2.05, 4.69) is 15.5 Å². The molecule has 7 heteroatoms. The van der Waals surface area contributed by atoms with Gasteiger partial charge in [0.25, 0.3) is 0 Å². The van der Waals surface area contributed by atoms with E-state index in [1.54, 1.807) is 6.33 Å². The van der Waals surface area contributed by atoms with Gasteiger partial charge in [0.05, 0.1) is 5.75 Å². The number of rotatable bonds is 8. The van der Waals surface area contributed by atoms with Gasteiger partial charge in [-0.25, -0.2) is 0 Å². The molecule has 0 saturated heterocycles. The average Bonchev–Trinajstić information content (AvgIpc) is 3.13. The van der Waals surface area contributed by atoms with Crippen LogP contribution >= 0.6 is 11.8 Å². The minimum atomic E-state index is 0.000728. The Balaban J connectivity index is 1.72. The second-order valence-corrected chi connectivity index (χ2v) is 5.82. The summed E-state index contributed by atoms with van der Waals surface area (Å²) in [5.41, 5.74) is 0. The summed E-state index contributed by atoms with van der Waals surface area (Å²) in [6, 6.07) is 0.630. The maximum Gasteiger partial charge on any atom is 0.230 e. The Morgan fingerprint density at radius 2 is 2.47 bits per heavy atom. The lowest BCUT2D eigenvalue weighted by Crippen LogP contribution is -2.34. The zero-order chi connectivity index (χ0) is 13.7. The Morgan fingerprint density at radius 3 is 3.16 bits per heavy atom. The lowest BCUT2D eigenvalue weighted by Gasteiger charge is -2.12. The number of carbonyl (C=O) groups is 1. The van der Waals surface area contributed by atoms with Gasteiger partial charge < -0.3 is 15.0 Å². The van der Waals surface area contributed by atoms with Crippen molar-refractivity contribution < 1.29 is 9.90 Å². The highest BCUT2D eigenvalue weighted by Gasteiger charge is 2.26. The molecule has 1 heterocycles. The number of hydrogen-bond donors (Lipinski definition) is 2. The van der Waals surface area contributed by atoms with Crippen molar-refractivity contribution in [1.29, 1.82) is 0 Å². The molecule has 0 aromatic carbocycles. The quantitative estimate of drug-likeness (QED) is 0.696. The number of thioether (sulfide) groups is 1. The van der Waals surface area contributed by atoms with Crippen LogP contribution in [0, 0.1) is 0 Å². The summed E-state index contributed by atoms with van der Waals surface area (Å²) in [4.78, 5) is 11.8. The fourth-order valence-corrected chi connectivity index (χ4v) is 2.65. The second kappa shape index (κ2) is 6.91. The minimum Gasteiger partial charge on any atom is -0.396 e. The summed E-state index contributed by atoms with van der Waals surface area (Å²) in [5.74, 6) is 0.357. The van der Waals surface area contributed by atoms with E-state index in [1.165, 1.54) is 24.6 Å². The van der Waals surface area contributed by atoms with E-state index in [4.69, 9.17) is 5.11 Å². The molecule has 1 fully saturated rings. The van der Waals surface area contributed by atoms with Crippen LogP contribution < -0.4 is 5.32 Å². The van der Waals surface area contributed by atoms with Crippen LogP contribution in [0.2, 0.25) is 0 Å². The molecule has 1 saturated carbocycles. The highest BCUT2D eigenvalue weighted by Crippen LogP contribution is 2.37. The SMILES string of the molecule is CC(CCCO)NC(=O)CSc1nncn1C1CC1. The molecule has 1 aromatic heterocycles. The molecule has 2 N–H and O–H groups in total. The van der Waals surface area contributed by atoms with Crippen LogP contribution in [0.3, 0.4) is 0 Å². The largest absolute Gasteiger partial charge is 0.396 e. The van der Waals surface area contributed by atoms with Crippen LogP contribution in [0.25, 0.3) is 0 Å². The lowest BCUT2D eigenvalue weighted by molar-refractivity contribution is -0.119. The van der Waals surface area contributed by atoms with Gasteiger partial charge in [-0.15, -0.1) is 10.2 Å². The molecule has 1 aromatic rings. The van der Waals surface area contributed by atoms with E-state index in [-0.39, 0.29) is 18.6 Å². The van der Waals surface area contributed by atoms with Gasteiger partial charge in [-0.1, -0.05) is 11.8 Å². The fourth-order valence-electron chi connectivity index (χ4n) is 1.85. The summed E-state index contributed by atoms with van der Waals surface area (Å²) in [6.07, 6.45) is 5.60.